The fraction of sp³-hybridized carbons (Fsp3) is 0.500. The highest BCUT2D eigenvalue weighted by Gasteiger charge is 2.06. The third-order valence-electron chi connectivity index (χ3n) is 2.44. The molecule has 0 aliphatic heterocycles. The lowest BCUT2D eigenvalue weighted by molar-refractivity contribution is -0.0989. The zero-order valence-corrected chi connectivity index (χ0v) is 10.4. The molecular weight excluding hydrogens is 222 g/mol. The highest BCUT2D eigenvalue weighted by atomic mass is 16.7. The van der Waals surface area contributed by atoms with Gasteiger partial charge in [0.05, 0.1) is 7.11 Å². The van der Waals surface area contributed by atoms with Gasteiger partial charge >= 0.3 is 0 Å². The minimum atomic E-state index is -0.289. The van der Waals surface area contributed by atoms with Crippen molar-refractivity contribution in [3.05, 3.63) is 23.8 Å². The molecule has 0 aliphatic rings. The summed E-state index contributed by atoms with van der Waals surface area (Å²) in [5.41, 5.74) is 0.773. The van der Waals surface area contributed by atoms with E-state index in [-0.39, 0.29) is 12.0 Å². The van der Waals surface area contributed by atoms with Crippen molar-refractivity contribution < 1.29 is 19.3 Å². The maximum Gasteiger partial charge on any atom is 0.169 e. The lowest BCUT2D eigenvalue weighted by Gasteiger charge is -2.14. The molecule has 0 bridgehead atoms. The zero-order valence-electron chi connectivity index (χ0n) is 10.4. The van der Waals surface area contributed by atoms with E-state index in [4.69, 9.17) is 14.2 Å². The van der Waals surface area contributed by atoms with Crippen molar-refractivity contribution in [1.82, 2.24) is 5.32 Å². The third-order valence-corrected chi connectivity index (χ3v) is 2.44. The summed E-state index contributed by atoms with van der Waals surface area (Å²) in [6.07, 6.45) is -0.289. The number of benzene rings is 1. The van der Waals surface area contributed by atoms with Crippen molar-refractivity contribution >= 4 is 0 Å². The highest BCUT2D eigenvalue weighted by Crippen LogP contribution is 2.22. The summed E-state index contributed by atoms with van der Waals surface area (Å²) in [6.45, 7) is 1.07. The van der Waals surface area contributed by atoms with E-state index in [1.165, 1.54) is 0 Å². The van der Waals surface area contributed by atoms with Crippen LogP contribution in [-0.4, -0.2) is 39.3 Å². The molecule has 0 saturated heterocycles. The van der Waals surface area contributed by atoms with E-state index in [1.807, 2.05) is 0 Å². The third kappa shape index (κ3) is 4.22. The lowest BCUT2D eigenvalue weighted by Crippen LogP contribution is -2.29. The van der Waals surface area contributed by atoms with Gasteiger partial charge in [0.2, 0.25) is 0 Å². The fourth-order valence-electron chi connectivity index (χ4n) is 1.42. The van der Waals surface area contributed by atoms with E-state index in [2.05, 4.69) is 5.32 Å². The molecule has 1 aromatic carbocycles. The number of methoxy groups -OCH3 is 3. The second kappa shape index (κ2) is 7.11. The molecular formula is C12H19NO4. The molecule has 0 spiro atoms. The topological polar surface area (TPSA) is 60.0 Å². The number of hydrogen-bond donors (Lipinski definition) is 2. The molecule has 0 fully saturated rings. The molecule has 0 atom stereocenters. The Morgan fingerprint density at radius 2 is 1.94 bits per heavy atom. The van der Waals surface area contributed by atoms with Gasteiger partial charge in [-0.15, -0.1) is 0 Å². The van der Waals surface area contributed by atoms with Gasteiger partial charge in [-0.2, -0.15) is 0 Å². The van der Waals surface area contributed by atoms with Gasteiger partial charge in [0.15, 0.2) is 6.29 Å². The molecule has 5 nitrogen and oxygen atoms in total. The van der Waals surface area contributed by atoms with Crippen molar-refractivity contribution in [1.29, 1.82) is 0 Å². The smallest absolute Gasteiger partial charge is 0.169 e. The first-order valence-electron chi connectivity index (χ1n) is 5.33. The number of ether oxygens (including phenoxy) is 3. The second-order valence-corrected chi connectivity index (χ2v) is 3.53. The molecule has 96 valence electrons. The summed E-state index contributed by atoms with van der Waals surface area (Å²) in [6, 6.07) is 5.11. The van der Waals surface area contributed by atoms with Gasteiger partial charge in [0.1, 0.15) is 11.5 Å². The molecule has 17 heavy (non-hydrogen) atoms. The van der Waals surface area contributed by atoms with E-state index in [1.54, 1.807) is 39.5 Å². The van der Waals surface area contributed by atoms with Crippen LogP contribution < -0.4 is 10.1 Å². The Bertz CT molecular complexity index is 339. The fourth-order valence-corrected chi connectivity index (χ4v) is 1.42. The molecule has 1 aromatic rings. The quantitative estimate of drug-likeness (QED) is 0.700. The van der Waals surface area contributed by atoms with Crippen LogP contribution in [0.3, 0.4) is 0 Å². The minimum absolute atomic E-state index is 0.240. The zero-order chi connectivity index (χ0) is 12.7. The number of phenols is 1. The van der Waals surface area contributed by atoms with Crippen molar-refractivity contribution in [2.45, 2.75) is 12.8 Å². The van der Waals surface area contributed by atoms with Gasteiger partial charge < -0.3 is 24.6 Å². The van der Waals surface area contributed by atoms with Crippen LogP contribution in [0, 0.1) is 0 Å². The van der Waals surface area contributed by atoms with E-state index >= 15 is 0 Å². The molecule has 0 saturated carbocycles. The second-order valence-electron chi connectivity index (χ2n) is 3.53. The van der Waals surface area contributed by atoms with Gasteiger partial charge in [0.25, 0.3) is 0 Å². The first kappa shape index (κ1) is 13.8. The predicted molar refractivity (Wildman–Crippen MR) is 64.2 cm³/mol. The van der Waals surface area contributed by atoms with E-state index in [0.717, 1.165) is 11.3 Å². The summed E-state index contributed by atoms with van der Waals surface area (Å²) in [4.78, 5) is 0. The number of nitrogens with one attached hydrogen (secondary N) is 1. The molecule has 5 heteroatoms. The van der Waals surface area contributed by atoms with Crippen LogP contribution in [0.5, 0.6) is 11.5 Å². The van der Waals surface area contributed by atoms with Crippen LogP contribution in [0.1, 0.15) is 5.56 Å². The number of rotatable bonds is 7. The Morgan fingerprint density at radius 1 is 1.24 bits per heavy atom. The van der Waals surface area contributed by atoms with Crippen molar-refractivity contribution in [2.24, 2.45) is 0 Å². The van der Waals surface area contributed by atoms with Crippen molar-refractivity contribution in [3.63, 3.8) is 0 Å². The Kier molecular flexibility index (Phi) is 5.76. The van der Waals surface area contributed by atoms with Crippen LogP contribution in [0.2, 0.25) is 0 Å². The van der Waals surface area contributed by atoms with Gasteiger partial charge in [-0.05, 0) is 18.2 Å². The molecule has 2 N–H and O–H groups in total. The predicted octanol–water partition coefficient (Wildman–Crippen LogP) is 1.11. The Morgan fingerprint density at radius 3 is 2.53 bits per heavy atom. The molecule has 0 aromatic heterocycles. The Hall–Kier alpha value is -1.30. The molecule has 0 amide bonds. The van der Waals surface area contributed by atoms with Crippen LogP contribution in [0.25, 0.3) is 0 Å². The van der Waals surface area contributed by atoms with Crippen LogP contribution in [0.15, 0.2) is 18.2 Å². The Balaban J connectivity index is 2.50. The number of phenolic OH excluding ortho intramolecular Hbond substituents is 1. The van der Waals surface area contributed by atoms with Gasteiger partial charge in [-0.1, -0.05) is 0 Å². The maximum atomic E-state index is 9.65. The monoisotopic (exact) mass is 241 g/mol. The van der Waals surface area contributed by atoms with E-state index < -0.39 is 0 Å². The summed E-state index contributed by atoms with van der Waals surface area (Å²) in [5, 5.41) is 12.8. The minimum Gasteiger partial charge on any atom is -0.508 e. The number of aromatic hydroxyl groups is 1. The van der Waals surface area contributed by atoms with Crippen LogP contribution >= 0.6 is 0 Å². The van der Waals surface area contributed by atoms with E-state index in [9.17, 15) is 5.11 Å². The average molecular weight is 241 g/mol. The van der Waals surface area contributed by atoms with Gasteiger partial charge in [0, 0.05) is 32.9 Å². The van der Waals surface area contributed by atoms with Crippen molar-refractivity contribution in [2.75, 3.05) is 27.9 Å². The maximum absolute atomic E-state index is 9.65. The Labute approximate surface area is 101 Å². The summed E-state index contributed by atoms with van der Waals surface area (Å²) < 4.78 is 15.2. The molecule has 0 radical (unpaired) electrons. The molecule has 0 aliphatic carbocycles. The molecule has 0 unspecified atom stereocenters. The summed E-state index contributed by atoms with van der Waals surface area (Å²) in [7, 11) is 4.76. The highest BCUT2D eigenvalue weighted by molar-refractivity contribution is 5.39. The summed E-state index contributed by atoms with van der Waals surface area (Å²) in [5.74, 6) is 0.958. The first-order valence-corrected chi connectivity index (χ1v) is 5.33. The van der Waals surface area contributed by atoms with Gasteiger partial charge in [-0.3, -0.25) is 0 Å². The largest absolute Gasteiger partial charge is 0.508 e. The van der Waals surface area contributed by atoms with Crippen molar-refractivity contribution in [3.8, 4) is 11.5 Å². The SMILES string of the molecule is COc1ccc(O)c(CNCC(OC)OC)c1. The lowest BCUT2D eigenvalue weighted by atomic mass is 10.2. The first-order chi connectivity index (χ1) is 8.21. The normalized spacial score (nSPS) is 10.8. The standard InChI is InChI=1S/C12H19NO4/c1-15-10-4-5-11(14)9(6-10)7-13-8-12(16-2)17-3/h4-6,12-14H,7-8H2,1-3H3. The number of hydrogen-bond acceptors (Lipinski definition) is 5. The molecule has 1 rings (SSSR count). The average Bonchev–Trinajstić information content (AvgIpc) is 2.36. The molecule has 0 heterocycles. The van der Waals surface area contributed by atoms with E-state index in [0.29, 0.717) is 13.1 Å². The van der Waals surface area contributed by atoms with Crippen LogP contribution in [-0.2, 0) is 16.0 Å². The summed E-state index contributed by atoms with van der Waals surface area (Å²) >= 11 is 0. The van der Waals surface area contributed by atoms with Gasteiger partial charge in [-0.25, -0.2) is 0 Å². The van der Waals surface area contributed by atoms with Crippen LogP contribution in [0.4, 0.5) is 0 Å².